The standard InChI is InChI=1S/C14H21ClN2O/c1-18-10-9-17-8-2-3-13(16)14(17)11-4-6-12(15)7-5-11/h4-7,13-14H,2-3,8-10,16H2,1H3. The number of nitrogens with two attached hydrogens (primary N) is 1. The first-order valence-electron chi connectivity index (χ1n) is 6.46. The van der Waals surface area contributed by atoms with Crippen molar-refractivity contribution in [3.63, 3.8) is 0 Å². The first kappa shape index (κ1) is 13.8. The highest BCUT2D eigenvalue weighted by atomic mass is 35.5. The van der Waals surface area contributed by atoms with Gasteiger partial charge in [0.05, 0.1) is 6.61 Å². The van der Waals surface area contributed by atoms with E-state index >= 15 is 0 Å². The van der Waals surface area contributed by atoms with Crippen molar-refractivity contribution in [3.05, 3.63) is 34.9 Å². The molecule has 2 unspecified atom stereocenters. The Kier molecular flexibility index (Phi) is 5.01. The van der Waals surface area contributed by atoms with Crippen LogP contribution in [0.3, 0.4) is 0 Å². The lowest BCUT2D eigenvalue weighted by Crippen LogP contribution is -2.46. The summed E-state index contributed by atoms with van der Waals surface area (Å²) in [5.41, 5.74) is 7.55. The fraction of sp³-hybridized carbons (Fsp3) is 0.571. The third kappa shape index (κ3) is 3.23. The minimum absolute atomic E-state index is 0.191. The first-order chi connectivity index (χ1) is 8.72. The van der Waals surface area contributed by atoms with Crippen molar-refractivity contribution < 1.29 is 4.74 Å². The van der Waals surface area contributed by atoms with Crippen molar-refractivity contribution in [1.29, 1.82) is 0 Å². The summed E-state index contributed by atoms with van der Waals surface area (Å²) in [6, 6.07) is 8.51. The molecule has 0 aromatic heterocycles. The van der Waals surface area contributed by atoms with E-state index in [9.17, 15) is 0 Å². The van der Waals surface area contributed by atoms with Crippen LogP contribution in [0, 0.1) is 0 Å². The Bertz CT molecular complexity index is 369. The Hall–Kier alpha value is -0.610. The minimum Gasteiger partial charge on any atom is -0.383 e. The minimum atomic E-state index is 0.191. The van der Waals surface area contributed by atoms with Gasteiger partial charge in [0.1, 0.15) is 0 Å². The van der Waals surface area contributed by atoms with Gasteiger partial charge in [-0.3, -0.25) is 4.90 Å². The second-order valence-corrected chi connectivity index (χ2v) is 5.27. The lowest BCUT2D eigenvalue weighted by atomic mass is 9.91. The van der Waals surface area contributed by atoms with E-state index in [1.807, 2.05) is 12.1 Å². The Morgan fingerprint density at radius 3 is 2.78 bits per heavy atom. The van der Waals surface area contributed by atoms with Crippen LogP contribution in [-0.2, 0) is 4.74 Å². The average Bonchev–Trinajstić information content (AvgIpc) is 2.38. The van der Waals surface area contributed by atoms with E-state index in [2.05, 4.69) is 17.0 Å². The summed E-state index contributed by atoms with van der Waals surface area (Å²) in [7, 11) is 1.74. The predicted molar refractivity (Wildman–Crippen MR) is 74.9 cm³/mol. The van der Waals surface area contributed by atoms with Gasteiger partial charge >= 0.3 is 0 Å². The summed E-state index contributed by atoms with van der Waals surface area (Å²) < 4.78 is 5.18. The SMILES string of the molecule is COCCN1CCCC(N)C1c1ccc(Cl)cc1. The number of piperidine rings is 1. The molecule has 1 aliphatic heterocycles. The Morgan fingerprint density at radius 1 is 1.39 bits per heavy atom. The molecule has 2 atom stereocenters. The van der Waals surface area contributed by atoms with Gasteiger partial charge in [0.15, 0.2) is 0 Å². The number of ether oxygens (including phenoxy) is 1. The number of nitrogens with zero attached hydrogens (tertiary/aromatic N) is 1. The van der Waals surface area contributed by atoms with Crippen LogP contribution in [0.2, 0.25) is 5.02 Å². The number of methoxy groups -OCH3 is 1. The van der Waals surface area contributed by atoms with Crippen LogP contribution in [-0.4, -0.2) is 37.7 Å². The van der Waals surface area contributed by atoms with Gasteiger partial charge in [-0.25, -0.2) is 0 Å². The summed E-state index contributed by atoms with van der Waals surface area (Å²) in [4.78, 5) is 2.42. The quantitative estimate of drug-likeness (QED) is 0.912. The molecule has 2 N–H and O–H groups in total. The van der Waals surface area contributed by atoms with Crippen LogP contribution in [0.5, 0.6) is 0 Å². The van der Waals surface area contributed by atoms with Crippen molar-refractivity contribution in [2.24, 2.45) is 5.73 Å². The first-order valence-corrected chi connectivity index (χ1v) is 6.84. The summed E-state index contributed by atoms with van der Waals surface area (Å²) >= 11 is 5.94. The highest BCUT2D eigenvalue weighted by molar-refractivity contribution is 6.30. The lowest BCUT2D eigenvalue weighted by Gasteiger charge is -2.40. The molecule has 1 heterocycles. The van der Waals surface area contributed by atoms with Crippen molar-refractivity contribution in [2.45, 2.75) is 24.9 Å². The molecule has 0 saturated carbocycles. The summed E-state index contributed by atoms with van der Waals surface area (Å²) in [5.74, 6) is 0. The third-order valence-electron chi connectivity index (χ3n) is 3.58. The van der Waals surface area contributed by atoms with Gasteiger partial charge in [-0.15, -0.1) is 0 Å². The molecular formula is C14H21ClN2O. The van der Waals surface area contributed by atoms with Crippen molar-refractivity contribution in [2.75, 3.05) is 26.8 Å². The number of halogens is 1. The van der Waals surface area contributed by atoms with E-state index < -0.39 is 0 Å². The zero-order chi connectivity index (χ0) is 13.0. The molecule has 1 aromatic carbocycles. The van der Waals surface area contributed by atoms with Gasteiger partial charge in [0.25, 0.3) is 0 Å². The third-order valence-corrected chi connectivity index (χ3v) is 3.83. The van der Waals surface area contributed by atoms with Gasteiger partial charge in [-0.1, -0.05) is 23.7 Å². The van der Waals surface area contributed by atoms with Crippen molar-refractivity contribution in [3.8, 4) is 0 Å². The lowest BCUT2D eigenvalue weighted by molar-refractivity contribution is 0.0848. The molecule has 0 aliphatic carbocycles. The monoisotopic (exact) mass is 268 g/mol. The number of rotatable bonds is 4. The maximum atomic E-state index is 6.30. The van der Waals surface area contributed by atoms with Gasteiger partial charge in [-0.2, -0.15) is 0 Å². The van der Waals surface area contributed by atoms with Gasteiger partial charge in [0, 0.05) is 30.8 Å². The van der Waals surface area contributed by atoms with Crippen LogP contribution in [0.25, 0.3) is 0 Å². The van der Waals surface area contributed by atoms with E-state index in [4.69, 9.17) is 22.1 Å². The maximum absolute atomic E-state index is 6.30. The highest BCUT2D eigenvalue weighted by Gasteiger charge is 2.29. The fourth-order valence-corrected chi connectivity index (χ4v) is 2.80. The van der Waals surface area contributed by atoms with Gasteiger partial charge in [-0.05, 0) is 37.1 Å². The molecule has 3 nitrogen and oxygen atoms in total. The summed E-state index contributed by atoms with van der Waals surface area (Å²) in [6.45, 7) is 2.76. The summed E-state index contributed by atoms with van der Waals surface area (Å²) in [6.07, 6.45) is 2.24. The molecule has 0 bridgehead atoms. The number of likely N-dealkylation sites (tertiary alicyclic amines) is 1. The Balaban J connectivity index is 2.15. The fourth-order valence-electron chi connectivity index (χ4n) is 2.68. The zero-order valence-electron chi connectivity index (χ0n) is 10.8. The van der Waals surface area contributed by atoms with Crippen LogP contribution in [0.1, 0.15) is 24.4 Å². The van der Waals surface area contributed by atoms with E-state index in [0.717, 1.165) is 37.6 Å². The van der Waals surface area contributed by atoms with Crippen molar-refractivity contribution in [1.82, 2.24) is 4.90 Å². The topological polar surface area (TPSA) is 38.5 Å². The van der Waals surface area contributed by atoms with E-state index in [0.29, 0.717) is 0 Å². The molecule has 1 fully saturated rings. The highest BCUT2D eigenvalue weighted by Crippen LogP contribution is 2.30. The molecule has 0 radical (unpaired) electrons. The van der Waals surface area contributed by atoms with Crippen LogP contribution < -0.4 is 5.73 Å². The molecule has 1 aromatic rings. The second-order valence-electron chi connectivity index (χ2n) is 4.83. The Morgan fingerprint density at radius 2 is 2.11 bits per heavy atom. The predicted octanol–water partition coefficient (Wildman–Crippen LogP) is 2.45. The molecule has 1 aliphatic rings. The smallest absolute Gasteiger partial charge is 0.0589 e. The number of hydrogen-bond donors (Lipinski definition) is 1. The van der Waals surface area contributed by atoms with Crippen LogP contribution in [0.15, 0.2) is 24.3 Å². The molecule has 4 heteroatoms. The molecule has 1 saturated heterocycles. The molecule has 0 amide bonds. The average molecular weight is 269 g/mol. The number of benzene rings is 1. The zero-order valence-corrected chi connectivity index (χ0v) is 11.6. The molecule has 18 heavy (non-hydrogen) atoms. The number of hydrogen-bond acceptors (Lipinski definition) is 3. The molecule has 2 rings (SSSR count). The normalized spacial score (nSPS) is 25.3. The van der Waals surface area contributed by atoms with Crippen LogP contribution in [0.4, 0.5) is 0 Å². The van der Waals surface area contributed by atoms with Gasteiger partial charge < -0.3 is 10.5 Å². The second kappa shape index (κ2) is 6.53. The Labute approximate surface area is 114 Å². The van der Waals surface area contributed by atoms with Gasteiger partial charge in [0.2, 0.25) is 0 Å². The van der Waals surface area contributed by atoms with E-state index in [-0.39, 0.29) is 12.1 Å². The van der Waals surface area contributed by atoms with E-state index in [1.54, 1.807) is 7.11 Å². The van der Waals surface area contributed by atoms with E-state index in [1.165, 1.54) is 5.56 Å². The maximum Gasteiger partial charge on any atom is 0.0589 e. The summed E-state index contributed by atoms with van der Waals surface area (Å²) in [5, 5.41) is 0.770. The molecular weight excluding hydrogens is 248 g/mol. The molecule has 0 spiro atoms. The largest absolute Gasteiger partial charge is 0.383 e. The van der Waals surface area contributed by atoms with Crippen LogP contribution >= 0.6 is 11.6 Å². The molecule has 100 valence electrons. The van der Waals surface area contributed by atoms with Crippen molar-refractivity contribution >= 4 is 11.6 Å².